The molecule has 2 aromatic rings. The van der Waals surface area contributed by atoms with E-state index < -0.39 is 0 Å². The highest BCUT2D eigenvalue weighted by Gasteiger charge is 2.05. The van der Waals surface area contributed by atoms with E-state index in [1.54, 1.807) is 43.5 Å². The average Bonchev–Trinajstić information content (AvgIpc) is 2.72. The molecule has 3 N–H and O–H groups in total. The highest BCUT2D eigenvalue weighted by atomic mass is 127. The maximum Gasteiger partial charge on any atom is 0.251 e. The number of halogens is 2. The number of hydrogen-bond donors (Lipinski definition) is 3. The number of guanidine groups is 1. The summed E-state index contributed by atoms with van der Waals surface area (Å²) in [5, 5.41) is 9.14. The molecule has 0 saturated heterocycles. The number of rotatable bonds is 9. The Labute approximate surface area is 188 Å². The predicted octanol–water partition coefficient (Wildman–Crippen LogP) is 2.98. The quantitative estimate of drug-likeness (QED) is 0.208. The number of carbonyl (C=O) groups is 1. The van der Waals surface area contributed by atoms with Gasteiger partial charge in [0.2, 0.25) is 0 Å². The molecule has 0 heterocycles. The number of carbonyl (C=O) groups excluding carboxylic acids is 1. The van der Waals surface area contributed by atoms with Crippen molar-refractivity contribution in [2.75, 3.05) is 33.3 Å². The van der Waals surface area contributed by atoms with E-state index in [2.05, 4.69) is 20.9 Å². The summed E-state index contributed by atoms with van der Waals surface area (Å²) in [6.07, 6.45) is 0.525. The molecule has 2 aromatic carbocycles. The van der Waals surface area contributed by atoms with Gasteiger partial charge in [0.05, 0.1) is 7.11 Å². The first-order valence-corrected chi connectivity index (χ1v) is 9.32. The minimum absolute atomic E-state index is 0. The maximum absolute atomic E-state index is 13.6. The maximum atomic E-state index is 13.6. The van der Waals surface area contributed by atoms with Crippen LogP contribution in [0.5, 0.6) is 5.75 Å². The van der Waals surface area contributed by atoms with Gasteiger partial charge >= 0.3 is 0 Å². The zero-order valence-corrected chi connectivity index (χ0v) is 19.0. The van der Waals surface area contributed by atoms with Crippen LogP contribution in [-0.2, 0) is 6.42 Å². The molecule has 0 aliphatic carbocycles. The standard InChI is InChI=1S/C21H27FN4O2.HI/c1-3-23-21(25-13-12-16-6-4-5-7-19(16)22)26-15-14-24-20(27)17-8-10-18(28-2)11-9-17;/h4-11H,3,12-15H2,1-2H3,(H,24,27)(H2,23,25,26);1H. The van der Waals surface area contributed by atoms with Gasteiger partial charge in [-0.15, -0.1) is 24.0 Å². The van der Waals surface area contributed by atoms with E-state index >= 15 is 0 Å². The SMILES string of the molecule is CCNC(=NCCc1ccccc1F)NCCNC(=O)c1ccc(OC)cc1.I. The van der Waals surface area contributed by atoms with Crippen LogP contribution in [0.25, 0.3) is 0 Å². The Bertz CT molecular complexity index is 785. The van der Waals surface area contributed by atoms with Gasteiger partial charge in [0.25, 0.3) is 5.91 Å². The van der Waals surface area contributed by atoms with Crippen LogP contribution in [0.3, 0.4) is 0 Å². The zero-order valence-electron chi connectivity index (χ0n) is 16.7. The summed E-state index contributed by atoms with van der Waals surface area (Å²) < 4.78 is 18.7. The molecule has 158 valence electrons. The predicted molar refractivity (Wildman–Crippen MR) is 125 cm³/mol. The zero-order chi connectivity index (χ0) is 20.2. The van der Waals surface area contributed by atoms with Gasteiger partial charge < -0.3 is 20.7 Å². The van der Waals surface area contributed by atoms with Crippen LogP contribution in [0.4, 0.5) is 4.39 Å². The second-order valence-electron chi connectivity index (χ2n) is 6.01. The number of benzene rings is 2. The van der Waals surface area contributed by atoms with Crippen LogP contribution in [0.2, 0.25) is 0 Å². The molecule has 0 aliphatic rings. The van der Waals surface area contributed by atoms with Crippen molar-refractivity contribution in [3.63, 3.8) is 0 Å². The Hall–Kier alpha value is -2.36. The van der Waals surface area contributed by atoms with Gasteiger partial charge in [-0.25, -0.2) is 4.39 Å². The van der Waals surface area contributed by atoms with Gasteiger partial charge in [0.1, 0.15) is 11.6 Å². The molecule has 0 aliphatic heterocycles. The summed E-state index contributed by atoms with van der Waals surface area (Å²) in [5.41, 5.74) is 1.22. The minimum Gasteiger partial charge on any atom is -0.497 e. The summed E-state index contributed by atoms with van der Waals surface area (Å²) in [4.78, 5) is 16.6. The number of nitrogens with zero attached hydrogens (tertiary/aromatic N) is 1. The van der Waals surface area contributed by atoms with Crippen molar-refractivity contribution in [2.45, 2.75) is 13.3 Å². The summed E-state index contributed by atoms with van der Waals surface area (Å²) in [6, 6.07) is 13.6. The van der Waals surface area contributed by atoms with Crippen LogP contribution < -0.4 is 20.7 Å². The number of amides is 1. The topological polar surface area (TPSA) is 74.8 Å². The van der Waals surface area contributed by atoms with Gasteiger partial charge in [-0.1, -0.05) is 18.2 Å². The number of ether oxygens (including phenoxy) is 1. The Balaban J connectivity index is 0.00000420. The van der Waals surface area contributed by atoms with E-state index in [9.17, 15) is 9.18 Å². The van der Waals surface area contributed by atoms with Crippen molar-refractivity contribution in [2.24, 2.45) is 4.99 Å². The Morgan fingerprint density at radius 1 is 1.03 bits per heavy atom. The van der Waals surface area contributed by atoms with Crippen LogP contribution in [-0.4, -0.2) is 45.2 Å². The Morgan fingerprint density at radius 2 is 1.72 bits per heavy atom. The van der Waals surface area contributed by atoms with Crippen LogP contribution in [0.1, 0.15) is 22.8 Å². The van der Waals surface area contributed by atoms with Gasteiger partial charge in [-0.05, 0) is 49.2 Å². The smallest absolute Gasteiger partial charge is 0.251 e. The summed E-state index contributed by atoms with van der Waals surface area (Å²) in [6.45, 7) is 4.12. The van der Waals surface area contributed by atoms with E-state index in [1.807, 2.05) is 13.0 Å². The van der Waals surface area contributed by atoms with Crippen molar-refractivity contribution >= 4 is 35.8 Å². The van der Waals surface area contributed by atoms with Crippen molar-refractivity contribution in [1.29, 1.82) is 0 Å². The third-order valence-corrected chi connectivity index (χ3v) is 4.01. The molecule has 0 saturated carbocycles. The molecule has 1 amide bonds. The molecule has 2 rings (SSSR count). The Kier molecular flexibility index (Phi) is 11.7. The van der Waals surface area contributed by atoms with E-state index in [1.165, 1.54) is 6.07 Å². The summed E-state index contributed by atoms with van der Waals surface area (Å²) >= 11 is 0. The molecule has 0 unspecified atom stereocenters. The van der Waals surface area contributed by atoms with Crippen molar-refractivity contribution in [1.82, 2.24) is 16.0 Å². The number of hydrogen-bond acceptors (Lipinski definition) is 3. The molecule has 29 heavy (non-hydrogen) atoms. The average molecular weight is 514 g/mol. The number of methoxy groups -OCH3 is 1. The first-order chi connectivity index (χ1) is 13.6. The lowest BCUT2D eigenvalue weighted by molar-refractivity contribution is 0.0954. The van der Waals surface area contributed by atoms with Gasteiger partial charge in [-0.3, -0.25) is 9.79 Å². The van der Waals surface area contributed by atoms with Crippen LogP contribution in [0, 0.1) is 5.82 Å². The molecule has 0 bridgehead atoms. The van der Waals surface area contributed by atoms with E-state index in [-0.39, 0.29) is 35.7 Å². The van der Waals surface area contributed by atoms with Crippen molar-refractivity contribution < 1.29 is 13.9 Å². The molecular formula is C21H28FIN4O2. The fourth-order valence-electron chi connectivity index (χ4n) is 2.53. The highest BCUT2D eigenvalue weighted by molar-refractivity contribution is 14.0. The first kappa shape index (κ1) is 24.7. The molecule has 6 nitrogen and oxygen atoms in total. The fourth-order valence-corrected chi connectivity index (χ4v) is 2.53. The molecule has 0 fully saturated rings. The monoisotopic (exact) mass is 514 g/mol. The lowest BCUT2D eigenvalue weighted by atomic mass is 10.1. The molecule has 0 atom stereocenters. The second-order valence-corrected chi connectivity index (χ2v) is 6.01. The van der Waals surface area contributed by atoms with E-state index in [0.717, 1.165) is 0 Å². The molecule has 0 spiro atoms. The van der Waals surface area contributed by atoms with E-state index in [0.29, 0.717) is 55.4 Å². The molecule has 0 aromatic heterocycles. The first-order valence-electron chi connectivity index (χ1n) is 9.32. The van der Waals surface area contributed by atoms with Gasteiger partial charge in [0.15, 0.2) is 5.96 Å². The molecule has 0 radical (unpaired) electrons. The summed E-state index contributed by atoms with van der Waals surface area (Å²) in [7, 11) is 1.58. The lowest BCUT2D eigenvalue weighted by Crippen LogP contribution is -2.41. The lowest BCUT2D eigenvalue weighted by Gasteiger charge is -2.12. The Morgan fingerprint density at radius 3 is 2.38 bits per heavy atom. The van der Waals surface area contributed by atoms with E-state index in [4.69, 9.17) is 4.74 Å². The minimum atomic E-state index is -0.211. The van der Waals surface area contributed by atoms with Crippen molar-refractivity contribution in [3.8, 4) is 5.75 Å². The van der Waals surface area contributed by atoms with Gasteiger partial charge in [-0.2, -0.15) is 0 Å². The highest BCUT2D eigenvalue weighted by Crippen LogP contribution is 2.11. The van der Waals surface area contributed by atoms with Crippen molar-refractivity contribution in [3.05, 3.63) is 65.5 Å². The normalized spacial score (nSPS) is 10.7. The fraction of sp³-hybridized carbons (Fsp3) is 0.333. The second kappa shape index (κ2) is 13.8. The van der Waals surface area contributed by atoms with Gasteiger partial charge in [0, 0.05) is 31.7 Å². The molecular weight excluding hydrogens is 486 g/mol. The number of nitrogens with one attached hydrogen (secondary N) is 3. The molecule has 8 heteroatoms. The summed E-state index contributed by atoms with van der Waals surface area (Å²) in [5.74, 6) is 0.987. The third-order valence-electron chi connectivity index (χ3n) is 4.01. The third kappa shape index (κ3) is 8.68. The largest absolute Gasteiger partial charge is 0.497 e. The number of aliphatic imine (C=N–C) groups is 1. The van der Waals surface area contributed by atoms with Crippen LogP contribution in [0.15, 0.2) is 53.5 Å². The van der Waals surface area contributed by atoms with Crippen LogP contribution >= 0.6 is 24.0 Å².